The van der Waals surface area contributed by atoms with Gasteiger partial charge in [-0.3, -0.25) is 38.4 Å². The maximum Gasteiger partial charge on any atom is 0.315 e. The van der Waals surface area contributed by atoms with Crippen LogP contribution >= 0.6 is 21.6 Å². The molecule has 17 N–H and O–H groups in total. The van der Waals surface area contributed by atoms with E-state index < -0.39 is 108 Å². The van der Waals surface area contributed by atoms with Crippen molar-refractivity contribution in [3.05, 3.63) is 144 Å². The van der Waals surface area contributed by atoms with Crippen molar-refractivity contribution in [3.63, 3.8) is 0 Å². The van der Waals surface area contributed by atoms with Crippen LogP contribution < -0.4 is 59.7 Å². The number of hydrogen-bond donors (Lipinski definition) is 14. The number of aliphatic hydroxyl groups excluding tert-OH is 1. The molecule has 7 rings (SSSR count). The summed E-state index contributed by atoms with van der Waals surface area (Å²) in [5, 5.41) is 32.6. The molecule has 1 fully saturated rings. The highest BCUT2D eigenvalue weighted by Gasteiger charge is 2.36. The van der Waals surface area contributed by atoms with Crippen molar-refractivity contribution in [1.29, 1.82) is 0 Å². The monoisotopic (exact) mass is 1330 g/mol. The van der Waals surface area contributed by atoms with Crippen LogP contribution in [0.4, 0.5) is 4.79 Å². The van der Waals surface area contributed by atoms with Gasteiger partial charge < -0.3 is 84.5 Å². The van der Waals surface area contributed by atoms with Crippen LogP contribution in [0.3, 0.4) is 0 Å². The van der Waals surface area contributed by atoms with Gasteiger partial charge in [0.25, 0.3) is 5.91 Å². The number of fused-ring (bicyclic) bond motifs is 2. The molecule has 8 atom stereocenters. The van der Waals surface area contributed by atoms with Gasteiger partial charge in [0, 0.05) is 72.3 Å². The molecule has 0 aliphatic heterocycles. The summed E-state index contributed by atoms with van der Waals surface area (Å²) in [7, 11) is 1.72. The van der Waals surface area contributed by atoms with Crippen LogP contribution in [0.15, 0.2) is 122 Å². The van der Waals surface area contributed by atoms with Gasteiger partial charge in [-0.2, -0.15) is 0 Å². The van der Waals surface area contributed by atoms with E-state index in [1.54, 1.807) is 73.1 Å². The molecule has 94 heavy (non-hydrogen) atoms. The number of aldehydes is 1. The van der Waals surface area contributed by atoms with Crippen LogP contribution in [0, 0.1) is 0 Å². The van der Waals surface area contributed by atoms with Crippen molar-refractivity contribution >= 4 is 103 Å². The van der Waals surface area contributed by atoms with Gasteiger partial charge in [-0.05, 0) is 92.9 Å². The van der Waals surface area contributed by atoms with Crippen LogP contribution in [0.1, 0.15) is 99.8 Å². The molecule has 0 radical (unpaired) electrons. The first-order valence-corrected chi connectivity index (χ1v) is 34.3. The minimum Gasteiger partial charge on any atom is -0.391 e. The number of primary amides is 1. The predicted octanol–water partition coefficient (Wildman–Crippen LogP) is 3.28. The number of nitrogens with two attached hydrogens (primary N) is 3. The zero-order valence-corrected chi connectivity index (χ0v) is 54.4. The summed E-state index contributed by atoms with van der Waals surface area (Å²) in [5.74, 6) is -6.03. The number of urea groups is 1. The number of para-hydroxylation sites is 2. The van der Waals surface area contributed by atoms with Crippen molar-refractivity contribution in [1.82, 2.24) is 57.4 Å². The number of nitrogens with one attached hydrogen (secondary N) is 10. The fraction of sp³-hybridized carbons (Fsp3) is 0.433. The lowest BCUT2D eigenvalue weighted by molar-refractivity contribution is -0.135. The normalized spacial score (nSPS) is 15.1. The first-order valence-electron chi connectivity index (χ1n) is 31.9. The minimum atomic E-state index is -1.57. The van der Waals surface area contributed by atoms with E-state index in [4.69, 9.17) is 17.2 Å². The van der Waals surface area contributed by atoms with Crippen molar-refractivity contribution < 1.29 is 53.1 Å². The van der Waals surface area contributed by atoms with E-state index in [1.165, 1.54) is 6.92 Å². The van der Waals surface area contributed by atoms with Gasteiger partial charge in [-0.15, -0.1) is 0 Å². The molecule has 1 saturated carbocycles. The molecule has 4 aromatic carbocycles. The summed E-state index contributed by atoms with van der Waals surface area (Å²) < 4.78 is 0. The van der Waals surface area contributed by atoms with E-state index in [1.807, 2.05) is 48.5 Å². The maximum atomic E-state index is 15.4. The lowest BCUT2D eigenvalue weighted by Gasteiger charge is -2.28. The zero-order chi connectivity index (χ0) is 67.4. The van der Waals surface area contributed by atoms with Crippen molar-refractivity contribution in [3.8, 4) is 0 Å². The fourth-order valence-corrected chi connectivity index (χ4v) is 13.3. The number of carbonyl (C=O) groups is 10. The quantitative estimate of drug-likeness (QED) is 0.00875. The Hall–Kier alpha value is -8.76. The summed E-state index contributed by atoms with van der Waals surface area (Å²) in [6, 6.07) is 23.1. The molecule has 10 amide bonds. The largest absolute Gasteiger partial charge is 0.391 e. The first-order chi connectivity index (χ1) is 45.4. The predicted molar refractivity (Wildman–Crippen MR) is 363 cm³/mol. The second-order valence-electron chi connectivity index (χ2n) is 23.5. The van der Waals surface area contributed by atoms with Gasteiger partial charge in [0.15, 0.2) is 5.37 Å². The number of H-pyrrole nitrogens is 2. The van der Waals surface area contributed by atoms with Crippen LogP contribution in [-0.2, 0) is 68.8 Å². The number of rotatable bonds is 37. The Labute approximate surface area is 554 Å². The minimum absolute atomic E-state index is 0.0124. The smallest absolute Gasteiger partial charge is 0.315 e. The highest BCUT2D eigenvalue weighted by atomic mass is 33.1. The first kappa shape index (κ1) is 72.7. The molecule has 25 nitrogen and oxygen atoms in total. The Morgan fingerprint density at radius 3 is 1.54 bits per heavy atom. The van der Waals surface area contributed by atoms with Gasteiger partial charge in [-0.1, -0.05) is 144 Å². The van der Waals surface area contributed by atoms with E-state index in [0.717, 1.165) is 86.8 Å². The Balaban J connectivity index is 1.21. The Morgan fingerprint density at radius 2 is 1.03 bits per heavy atom. The molecular weight excluding hydrogens is 1240 g/mol. The second kappa shape index (κ2) is 37.8. The summed E-state index contributed by atoms with van der Waals surface area (Å²) in [4.78, 5) is 148. The number of hydrogen-bond acceptors (Lipinski definition) is 15. The van der Waals surface area contributed by atoms with Gasteiger partial charge in [0.05, 0.1) is 12.0 Å². The lowest BCUT2D eigenvalue weighted by Crippen LogP contribution is -2.60. The van der Waals surface area contributed by atoms with Crippen LogP contribution in [-0.4, -0.2) is 159 Å². The number of aromatic nitrogens is 2. The Bertz CT molecular complexity index is 3480. The molecular formula is C67H88N14O11S2. The third-order valence-electron chi connectivity index (χ3n) is 16.2. The summed E-state index contributed by atoms with van der Waals surface area (Å²) in [6.07, 6.45) is 9.02. The molecule has 1 aliphatic carbocycles. The number of unbranched alkanes of at least 4 members (excludes halogenated alkanes) is 1. The summed E-state index contributed by atoms with van der Waals surface area (Å²) in [6.45, 7) is 1.44. The van der Waals surface area contributed by atoms with E-state index in [2.05, 4.69) is 52.5 Å². The average Bonchev–Trinajstić information content (AvgIpc) is 1.89. The molecule has 2 unspecified atom stereocenters. The molecule has 504 valence electrons. The second-order valence-corrected chi connectivity index (χ2v) is 25.9. The Kier molecular flexibility index (Phi) is 29.2. The van der Waals surface area contributed by atoms with Crippen molar-refractivity contribution in [2.45, 2.75) is 157 Å². The van der Waals surface area contributed by atoms with Gasteiger partial charge in [-0.25, -0.2) is 4.79 Å². The molecule has 6 aromatic rings. The summed E-state index contributed by atoms with van der Waals surface area (Å²) >= 11 is 0. The van der Waals surface area contributed by atoms with E-state index in [0.29, 0.717) is 47.8 Å². The number of aromatic amines is 2. The van der Waals surface area contributed by atoms with Crippen LogP contribution in [0.5, 0.6) is 0 Å². The topological polar surface area (TPSA) is 400 Å². The maximum absolute atomic E-state index is 15.4. The average molecular weight is 1330 g/mol. The highest BCUT2D eigenvalue weighted by Crippen LogP contribution is 2.28. The molecule has 1 aliphatic rings. The van der Waals surface area contributed by atoms with E-state index >= 15 is 14.4 Å². The number of benzene rings is 4. The standard InChI is InChI=1S/C67H88N14O11S2/c1-42(83)57(40-82)79-60(86)52(29-16-17-31-68)75-62(88)55(35-45-37-71-50-27-14-12-25-48(45)50)77-63(89)56(36-46-38-72-51-28-15-13-26-49(46)51)76-61(87)54(34-44-21-8-5-9-22-44)78-65(91)66(80-64(90)53(74-58(84)30-18-32-69)33-43-19-6-4-7-20-43)94-93-41-81(67(70)92)39-59(85)73-47-23-10-2-3-11-24-47/h4-9,12-15,19-22,25-28,37-38,40,42,47,52-57,66,71-72,83H,2-3,10-11,16-18,23-24,29-36,39,41,68-69H2,1H3,(H2,70,92)(H,73,85)(H,74,84)(H,75,88)(H,76,87)(H,77,89)(H,78,91)(H,79,86)(H,80,90)/t42-,52-,53+,54-,55-,56+,57?,66?/m0/s1. The molecule has 0 bridgehead atoms. The fourth-order valence-electron chi connectivity index (χ4n) is 11.0. The molecule has 2 aromatic heterocycles. The van der Waals surface area contributed by atoms with E-state index in [-0.39, 0.29) is 63.5 Å². The third-order valence-corrected chi connectivity index (χ3v) is 18.6. The molecule has 27 heteroatoms. The number of carbonyl (C=O) groups excluding carboxylic acids is 10. The van der Waals surface area contributed by atoms with Crippen LogP contribution in [0.25, 0.3) is 21.8 Å². The van der Waals surface area contributed by atoms with Gasteiger partial charge >= 0.3 is 6.03 Å². The zero-order valence-electron chi connectivity index (χ0n) is 52.8. The Morgan fingerprint density at radius 1 is 0.564 bits per heavy atom. The number of amides is 10. The molecule has 0 saturated heterocycles. The van der Waals surface area contributed by atoms with Gasteiger partial charge in [0.1, 0.15) is 49.1 Å². The highest BCUT2D eigenvalue weighted by molar-refractivity contribution is 8.77. The SMILES string of the molecule is C[C@H](O)C(C=O)NC(=O)[C@H](CCCCN)NC(=O)[C@H](Cc1c[nH]c2ccccc12)NC(=O)[C@@H](Cc1c[nH]c2ccccc12)NC(=O)[C@H](Cc1ccccc1)NC(=O)C(NC(=O)[C@@H](Cc1ccccc1)NC(=O)CCCN)SSCN(CC(=O)NC1CCCCCC1)C(N)=O. The van der Waals surface area contributed by atoms with E-state index in [9.17, 15) is 38.7 Å². The number of nitrogens with zero attached hydrogens (tertiary/aromatic N) is 1. The van der Waals surface area contributed by atoms with Crippen molar-refractivity contribution in [2.24, 2.45) is 17.2 Å². The molecule has 2 heterocycles. The van der Waals surface area contributed by atoms with Crippen LogP contribution in [0.2, 0.25) is 0 Å². The van der Waals surface area contributed by atoms with Gasteiger partial charge in [0.2, 0.25) is 41.4 Å². The lowest BCUT2D eigenvalue weighted by atomic mass is 10.00. The molecule has 0 spiro atoms. The number of aliphatic hydroxyl groups is 1. The van der Waals surface area contributed by atoms with Crippen molar-refractivity contribution in [2.75, 3.05) is 25.5 Å². The third kappa shape index (κ3) is 22.8. The summed E-state index contributed by atoms with van der Waals surface area (Å²) in [5.41, 5.74) is 21.3.